The van der Waals surface area contributed by atoms with Crippen LogP contribution in [0, 0.1) is 0 Å². The molecule has 0 atom stereocenters. The summed E-state index contributed by atoms with van der Waals surface area (Å²) in [5.41, 5.74) is 1.22. The number of fused-ring (bicyclic) bond motifs is 1. The van der Waals surface area contributed by atoms with Crippen LogP contribution in [0.1, 0.15) is 18.5 Å². The Hall–Kier alpha value is -1.44. The molecule has 3 aromatic heterocycles. The Balaban J connectivity index is 1.65. The van der Waals surface area contributed by atoms with Gasteiger partial charge in [0.2, 0.25) is 0 Å². The van der Waals surface area contributed by atoms with Gasteiger partial charge < -0.3 is 5.32 Å². The predicted molar refractivity (Wildman–Crippen MR) is 79.1 cm³/mol. The number of nitrogens with one attached hydrogen (secondary N) is 1. The zero-order chi connectivity index (χ0) is 13.4. The van der Waals surface area contributed by atoms with Gasteiger partial charge in [0, 0.05) is 30.4 Å². The van der Waals surface area contributed by atoms with Crippen molar-refractivity contribution in [2.24, 2.45) is 0 Å². The summed E-state index contributed by atoms with van der Waals surface area (Å²) in [6, 6.07) is 2.60. The van der Waals surface area contributed by atoms with Crippen molar-refractivity contribution in [1.82, 2.24) is 24.7 Å². The van der Waals surface area contributed by atoms with Gasteiger partial charge in [0.05, 0.1) is 5.69 Å². The highest BCUT2D eigenvalue weighted by Crippen LogP contribution is 2.31. The Morgan fingerprint density at radius 2 is 2.40 bits per heavy atom. The molecule has 0 bridgehead atoms. The van der Waals surface area contributed by atoms with Crippen LogP contribution in [-0.4, -0.2) is 25.4 Å². The lowest BCUT2D eigenvalue weighted by Crippen LogP contribution is -2.16. The fourth-order valence-electron chi connectivity index (χ4n) is 2.02. The van der Waals surface area contributed by atoms with Gasteiger partial charge in [-0.05, 0) is 30.7 Å². The van der Waals surface area contributed by atoms with Crippen LogP contribution in [0.3, 0.4) is 0 Å². The fraction of sp³-hybridized carbons (Fsp3) is 0.308. The average molecular weight is 303 g/mol. The maximum absolute atomic E-state index is 4.71. The number of imidazole rings is 1. The quantitative estimate of drug-likeness (QED) is 0.734. The standard InChI is InChI=1S/C13H13N5S2/c1-2-9(1)15-7-10-12(17-13-18(10)5-6-19-13)20-11-3-4-14-8-16-11/h3-6,8-9,15H,1-2,7H2. The molecule has 0 aliphatic heterocycles. The minimum Gasteiger partial charge on any atom is -0.308 e. The van der Waals surface area contributed by atoms with Gasteiger partial charge in [0.25, 0.3) is 0 Å². The van der Waals surface area contributed by atoms with E-state index in [1.54, 1.807) is 35.6 Å². The summed E-state index contributed by atoms with van der Waals surface area (Å²) in [7, 11) is 0. The number of thiazole rings is 1. The van der Waals surface area contributed by atoms with E-state index in [0.717, 1.165) is 21.6 Å². The molecule has 0 radical (unpaired) electrons. The topological polar surface area (TPSA) is 55.1 Å². The highest BCUT2D eigenvalue weighted by molar-refractivity contribution is 7.99. The van der Waals surface area contributed by atoms with Crippen LogP contribution < -0.4 is 5.32 Å². The number of nitrogens with zero attached hydrogens (tertiary/aromatic N) is 4. The van der Waals surface area contributed by atoms with Gasteiger partial charge >= 0.3 is 0 Å². The van der Waals surface area contributed by atoms with Crippen molar-refractivity contribution in [2.45, 2.75) is 35.5 Å². The molecule has 4 rings (SSSR count). The van der Waals surface area contributed by atoms with Crippen LogP contribution in [0.15, 0.2) is 40.2 Å². The van der Waals surface area contributed by atoms with E-state index >= 15 is 0 Å². The third-order valence-electron chi connectivity index (χ3n) is 3.22. The predicted octanol–water partition coefficient (Wildman–Crippen LogP) is 2.59. The SMILES string of the molecule is c1cc(Sc2nc3sccn3c2CNC2CC2)ncn1. The normalized spacial score (nSPS) is 15.0. The van der Waals surface area contributed by atoms with Gasteiger partial charge in [-0.25, -0.2) is 15.0 Å². The number of hydrogen-bond acceptors (Lipinski definition) is 6. The molecule has 3 heterocycles. The lowest BCUT2D eigenvalue weighted by Gasteiger charge is -2.04. The van der Waals surface area contributed by atoms with Crippen LogP contribution in [-0.2, 0) is 6.54 Å². The highest BCUT2D eigenvalue weighted by Gasteiger charge is 2.22. The van der Waals surface area contributed by atoms with Crippen molar-refractivity contribution >= 4 is 28.1 Å². The molecule has 102 valence electrons. The van der Waals surface area contributed by atoms with Crippen molar-refractivity contribution in [3.05, 3.63) is 35.9 Å². The molecule has 1 saturated carbocycles. The molecule has 5 nitrogen and oxygen atoms in total. The van der Waals surface area contributed by atoms with E-state index in [-0.39, 0.29) is 0 Å². The Labute approximate surface area is 124 Å². The molecule has 1 aliphatic carbocycles. The van der Waals surface area contributed by atoms with Crippen molar-refractivity contribution in [3.8, 4) is 0 Å². The van der Waals surface area contributed by atoms with E-state index in [1.807, 2.05) is 6.07 Å². The molecule has 0 amide bonds. The van der Waals surface area contributed by atoms with Gasteiger partial charge in [-0.15, -0.1) is 11.3 Å². The molecule has 0 spiro atoms. The van der Waals surface area contributed by atoms with Crippen molar-refractivity contribution in [1.29, 1.82) is 0 Å². The van der Waals surface area contributed by atoms with Crippen molar-refractivity contribution in [3.63, 3.8) is 0 Å². The Morgan fingerprint density at radius 3 is 3.20 bits per heavy atom. The number of rotatable bonds is 5. The van der Waals surface area contributed by atoms with E-state index in [0.29, 0.717) is 6.04 Å². The Kier molecular flexibility index (Phi) is 3.17. The number of hydrogen-bond donors (Lipinski definition) is 1. The van der Waals surface area contributed by atoms with Gasteiger partial charge in [0.15, 0.2) is 4.96 Å². The molecule has 7 heteroatoms. The smallest absolute Gasteiger partial charge is 0.194 e. The summed E-state index contributed by atoms with van der Waals surface area (Å²) >= 11 is 3.26. The first-order valence-electron chi connectivity index (χ1n) is 6.52. The summed E-state index contributed by atoms with van der Waals surface area (Å²) in [6.45, 7) is 0.857. The first kappa shape index (κ1) is 12.3. The van der Waals surface area contributed by atoms with Crippen LogP contribution >= 0.6 is 23.1 Å². The monoisotopic (exact) mass is 303 g/mol. The van der Waals surface area contributed by atoms with Crippen molar-refractivity contribution in [2.75, 3.05) is 0 Å². The van der Waals surface area contributed by atoms with Gasteiger partial charge in [-0.3, -0.25) is 4.40 Å². The minimum atomic E-state index is 0.691. The number of aromatic nitrogens is 4. The molecule has 0 unspecified atom stereocenters. The zero-order valence-corrected chi connectivity index (χ0v) is 12.3. The summed E-state index contributed by atoms with van der Waals surface area (Å²) in [6.07, 6.45) is 8.00. The van der Waals surface area contributed by atoms with E-state index in [2.05, 4.69) is 31.3 Å². The maximum atomic E-state index is 4.71. The fourth-order valence-corrected chi connectivity index (χ4v) is 3.66. The molecule has 1 N–H and O–H groups in total. The summed E-state index contributed by atoms with van der Waals surface area (Å²) in [5, 5.41) is 7.60. The third-order valence-corrected chi connectivity index (χ3v) is 4.94. The molecular formula is C13H13N5S2. The highest BCUT2D eigenvalue weighted by atomic mass is 32.2. The van der Waals surface area contributed by atoms with E-state index in [4.69, 9.17) is 4.98 Å². The van der Waals surface area contributed by atoms with Crippen LogP contribution in [0.2, 0.25) is 0 Å². The van der Waals surface area contributed by atoms with Gasteiger partial charge in [-0.2, -0.15) is 0 Å². The summed E-state index contributed by atoms with van der Waals surface area (Å²) in [4.78, 5) is 14.0. The lowest BCUT2D eigenvalue weighted by molar-refractivity contribution is 0.661. The molecule has 0 aromatic carbocycles. The third kappa shape index (κ3) is 2.44. The second kappa shape index (κ2) is 5.16. The van der Waals surface area contributed by atoms with E-state index in [9.17, 15) is 0 Å². The molecule has 0 saturated heterocycles. The second-order valence-corrected chi connectivity index (χ2v) is 6.61. The average Bonchev–Trinajstić information content (AvgIpc) is 3.09. The van der Waals surface area contributed by atoms with Crippen LogP contribution in [0.5, 0.6) is 0 Å². The zero-order valence-electron chi connectivity index (χ0n) is 10.7. The molecule has 1 aliphatic rings. The van der Waals surface area contributed by atoms with E-state index in [1.165, 1.54) is 18.5 Å². The Morgan fingerprint density at radius 1 is 1.45 bits per heavy atom. The first-order chi connectivity index (χ1) is 9.90. The lowest BCUT2D eigenvalue weighted by atomic mass is 10.4. The molecule has 3 aromatic rings. The molecule has 20 heavy (non-hydrogen) atoms. The minimum absolute atomic E-state index is 0.691. The van der Waals surface area contributed by atoms with Gasteiger partial charge in [0.1, 0.15) is 16.4 Å². The largest absolute Gasteiger partial charge is 0.308 e. The first-order valence-corrected chi connectivity index (χ1v) is 8.21. The van der Waals surface area contributed by atoms with Crippen LogP contribution in [0.4, 0.5) is 0 Å². The summed E-state index contributed by atoms with van der Waals surface area (Å²) in [5.74, 6) is 0. The van der Waals surface area contributed by atoms with Crippen molar-refractivity contribution < 1.29 is 0 Å². The maximum Gasteiger partial charge on any atom is 0.194 e. The second-order valence-electron chi connectivity index (χ2n) is 4.72. The van der Waals surface area contributed by atoms with Crippen LogP contribution in [0.25, 0.3) is 4.96 Å². The molecule has 1 fully saturated rings. The van der Waals surface area contributed by atoms with E-state index < -0.39 is 0 Å². The van der Waals surface area contributed by atoms with Gasteiger partial charge in [-0.1, -0.05) is 0 Å². The summed E-state index contributed by atoms with van der Waals surface area (Å²) < 4.78 is 2.17. The Bertz CT molecular complexity index is 717. The molecular weight excluding hydrogens is 290 g/mol.